The molecule has 0 saturated heterocycles. The van der Waals surface area contributed by atoms with E-state index < -0.39 is 0 Å². The Bertz CT molecular complexity index is 1100. The van der Waals surface area contributed by atoms with Crippen molar-refractivity contribution < 1.29 is 0 Å². The Labute approximate surface area is 160 Å². The summed E-state index contributed by atoms with van der Waals surface area (Å²) in [7, 11) is 0. The minimum atomic E-state index is 0.582. The van der Waals surface area contributed by atoms with E-state index in [1.807, 2.05) is 55.5 Å². The third kappa shape index (κ3) is 3.34. The minimum Gasteiger partial charge on any atom is -0.338 e. The molecule has 0 bridgehead atoms. The Morgan fingerprint density at radius 1 is 0.962 bits per heavy atom. The van der Waals surface area contributed by atoms with E-state index in [9.17, 15) is 0 Å². The van der Waals surface area contributed by atoms with Gasteiger partial charge in [-0.15, -0.1) is 0 Å². The van der Waals surface area contributed by atoms with Gasteiger partial charge in [0.15, 0.2) is 5.82 Å². The van der Waals surface area contributed by atoms with Crippen LogP contribution < -0.4 is 5.32 Å². The van der Waals surface area contributed by atoms with Gasteiger partial charge < -0.3 is 5.32 Å². The van der Waals surface area contributed by atoms with E-state index in [0.717, 1.165) is 27.7 Å². The molecule has 4 aromatic rings. The minimum absolute atomic E-state index is 0.582. The molecule has 1 N–H and O–H groups in total. The van der Waals surface area contributed by atoms with Gasteiger partial charge >= 0.3 is 0 Å². The highest BCUT2D eigenvalue weighted by atomic mass is 35.5. The normalized spacial score (nSPS) is 10.9. The first kappa shape index (κ1) is 16.8. The van der Waals surface area contributed by atoms with Gasteiger partial charge in [0.25, 0.3) is 0 Å². The average molecular weight is 381 g/mol. The van der Waals surface area contributed by atoms with Gasteiger partial charge in [-0.05, 0) is 55.0 Å². The fraction of sp³-hybridized carbons (Fsp3) is 0.0500. The molecule has 0 aliphatic heterocycles. The molecule has 128 valence electrons. The van der Waals surface area contributed by atoms with Gasteiger partial charge in [-0.2, -0.15) is 0 Å². The van der Waals surface area contributed by atoms with Crippen molar-refractivity contribution in [2.45, 2.75) is 6.92 Å². The van der Waals surface area contributed by atoms with E-state index in [1.54, 1.807) is 12.4 Å². The molecular weight excluding hydrogens is 367 g/mol. The molecule has 4 rings (SSSR count). The molecule has 2 aromatic heterocycles. The summed E-state index contributed by atoms with van der Waals surface area (Å²) in [5.41, 5.74) is 3.48. The van der Waals surface area contributed by atoms with Gasteiger partial charge in [-0.3, -0.25) is 4.98 Å². The second-order valence-electron chi connectivity index (χ2n) is 5.91. The summed E-state index contributed by atoms with van der Waals surface area (Å²) in [5.74, 6) is 1.22. The lowest BCUT2D eigenvalue weighted by atomic mass is 10.2. The Kier molecular flexibility index (Phi) is 4.45. The van der Waals surface area contributed by atoms with Crippen LogP contribution in [-0.2, 0) is 0 Å². The van der Waals surface area contributed by atoms with E-state index in [0.29, 0.717) is 21.7 Å². The van der Waals surface area contributed by atoms with Crippen LogP contribution in [-0.4, -0.2) is 15.0 Å². The number of benzene rings is 2. The van der Waals surface area contributed by atoms with Gasteiger partial charge in [0.1, 0.15) is 5.82 Å². The maximum Gasteiger partial charge on any atom is 0.163 e. The largest absolute Gasteiger partial charge is 0.338 e. The number of anilines is 2. The van der Waals surface area contributed by atoms with Crippen molar-refractivity contribution in [3.05, 3.63) is 76.5 Å². The lowest BCUT2D eigenvalue weighted by Gasteiger charge is -2.13. The molecule has 0 atom stereocenters. The van der Waals surface area contributed by atoms with E-state index in [4.69, 9.17) is 28.2 Å². The molecule has 2 heterocycles. The highest BCUT2D eigenvalue weighted by Gasteiger charge is 2.12. The van der Waals surface area contributed by atoms with E-state index in [1.165, 1.54) is 0 Å². The standard InChI is InChI=1S/C20H14Cl2N4/c1-12-4-6-18(16(22)9-12)25-20-15-10-14(21)5-7-17(15)24-19(26-20)13-3-2-8-23-11-13/h2-11H,1H3,(H,24,25,26). The molecule has 0 unspecified atom stereocenters. The third-order valence-electron chi connectivity index (χ3n) is 3.96. The van der Waals surface area contributed by atoms with E-state index >= 15 is 0 Å². The molecule has 0 radical (unpaired) electrons. The number of hydrogen-bond acceptors (Lipinski definition) is 4. The number of aryl methyl sites for hydroxylation is 1. The summed E-state index contributed by atoms with van der Waals surface area (Å²) in [6.07, 6.45) is 3.45. The van der Waals surface area contributed by atoms with Gasteiger partial charge in [0.05, 0.1) is 16.2 Å². The lowest BCUT2D eigenvalue weighted by Crippen LogP contribution is -2.00. The fourth-order valence-corrected chi connectivity index (χ4v) is 3.12. The maximum absolute atomic E-state index is 6.38. The predicted molar refractivity (Wildman–Crippen MR) is 107 cm³/mol. The van der Waals surface area contributed by atoms with Gasteiger partial charge in [0.2, 0.25) is 0 Å². The van der Waals surface area contributed by atoms with Crippen molar-refractivity contribution in [1.82, 2.24) is 15.0 Å². The van der Waals surface area contributed by atoms with Gasteiger partial charge in [0, 0.05) is 28.4 Å². The monoisotopic (exact) mass is 380 g/mol. The van der Waals surface area contributed by atoms with Crippen LogP contribution in [0.3, 0.4) is 0 Å². The van der Waals surface area contributed by atoms with Crippen molar-refractivity contribution in [3.63, 3.8) is 0 Å². The highest BCUT2D eigenvalue weighted by Crippen LogP contribution is 2.32. The number of hydrogen-bond donors (Lipinski definition) is 1. The first-order valence-electron chi connectivity index (χ1n) is 8.01. The first-order valence-corrected chi connectivity index (χ1v) is 8.76. The average Bonchev–Trinajstić information content (AvgIpc) is 2.65. The number of pyridine rings is 1. The first-order chi connectivity index (χ1) is 12.6. The summed E-state index contributed by atoms with van der Waals surface area (Å²) in [6.45, 7) is 2.00. The van der Waals surface area contributed by atoms with E-state index in [2.05, 4.69) is 15.3 Å². The molecule has 6 heteroatoms. The smallest absolute Gasteiger partial charge is 0.163 e. The second-order valence-corrected chi connectivity index (χ2v) is 6.75. The Balaban J connectivity index is 1.89. The van der Waals surface area contributed by atoms with Crippen LogP contribution in [0.5, 0.6) is 0 Å². The Morgan fingerprint density at radius 2 is 1.85 bits per heavy atom. The number of nitrogens with one attached hydrogen (secondary N) is 1. The molecule has 0 amide bonds. The van der Waals surface area contributed by atoms with Crippen LogP contribution in [0, 0.1) is 6.92 Å². The topological polar surface area (TPSA) is 50.7 Å². The summed E-state index contributed by atoms with van der Waals surface area (Å²) in [5, 5.41) is 5.38. The molecule has 0 saturated carbocycles. The summed E-state index contributed by atoms with van der Waals surface area (Å²) in [4.78, 5) is 13.5. The zero-order valence-corrected chi connectivity index (χ0v) is 15.4. The number of fused-ring (bicyclic) bond motifs is 1. The molecule has 0 aliphatic carbocycles. The molecule has 4 nitrogen and oxygen atoms in total. The van der Waals surface area contributed by atoms with Crippen LogP contribution in [0.1, 0.15) is 5.56 Å². The van der Waals surface area contributed by atoms with Crippen LogP contribution in [0.25, 0.3) is 22.3 Å². The zero-order chi connectivity index (χ0) is 18.1. The Hall–Kier alpha value is -2.69. The van der Waals surface area contributed by atoms with Gasteiger partial charge in [-0.25, -0.2) is 9.97 Å². The quantitative estimate of drug-likeness (QED) is 0.469. The van der Waals surface area contributed by atoms with Crippen LogP contribution in [0.4, 0.5) is 11.5 Å². The van der Waals surface area contributed by atoms with Crippen molar-refractivity contribution in [1.29, 1.82) is 0 Å². The fourth-order valence-electron chi connectivity index (χ4n) is 2.67. The number of rotatable bonds is 3. The molecule has 26 heavy (non-hydrogen) atoms. The SMILES string of the molecule is Cc1ccc(Nc2nc(-c3cccnc3)nc3ccc(Cl)cc23)c(Cl)c1. The second kappa shape index (κ2) is 6.90. The molecule has 0 aliphatic rings. The zero-order valence-electron chi connectivity index (χ0n) is 13.9. The molecular formula is C20H14Cl2N4. The predicted octanol–water partition coefficient (Wildman–Crippen LogP) is 6.05. The molecule has 0 fully saturated rings. The number of nitrogens with zero attached hydrogens (tertiary/aromatic N) is 3. The van der Waals surface area contributed by atoms with Crippen LogP contribution in [0.2, 0.25) is 10.0 Å². The van der Waals surface area contributed by atoms with E-state index in [-0.39, 0.29) is 0 Å². The molecule has 2 aromatic carbocycles. The number of halogens is 2. The lowest BCUT2D eigenvalue weighted by molar-refractivity contribution is 1.20. The summed E-state index contributed by atoms with van der Waals surface area (Å²) >= 11 is 12.6. The van der Waals surface area contributed by atoms with Gasteiger partial charge in [-0.1, -0.05) is 29.3 Å². The van der Waals surface area contributed by atoms with Crippen LogP contribution >= 0.6 is 23.2 Å². The van der Waals surface area contributed by atoms with Crippen molar-refractivity contribution in [2.24, 2.45) is 0 Å². The highest BCUT2D eigenvalue weighted by molar-refractivity contribution is 6.33. The maximum atomic E-state index is 6.38. The Morgan fingerprint density at radius 3 is 2.62 bits per heavy atom. The number of aromatic nitrogens is 3. The van der Waals surface area contributed by atoms with Crippen molar-refractivity contribution >= 4 is 45.6 Å². The molecule has 0 spiro atoms. The summed E-state index contributed by atoms with van der Waals surface area (Å²) < 4.78 is 0. The third-order valence-corrected chi connectivity index (χ3v) is 4.50. The van der Waals surface area contributed by atoms with Crippen molar-refractivity contribution in [2.75, 3.05) is 5.32 Å². The van der Waals surface area contributed by atoms with Crippen LogP contribution in [0.15, 0.2) is 60.9 Å². The van der Waals surface area contributed by atoms with Crippen molar-refractivity contribution in [3.8, 4) is 11.4 Å². The summed E-state index contributed by atoms with van der Waals surface area (Å²) in [6, 6.07) is 15.1.